The van der Waals surface area contributed by atoms with Gasteiger partial charge in [-0.1, -0.05) is 13.0 Å². The van der Waals surface area contributed by atoms with Gasteiger partial charge in [0.1, 0.15) is 17.6 Å². The third-order valence-electron chi connectivity index (χ3n) is 2.23. The molecule has 15 heavy (non-hydrogen) atoms. The number of hydrogen-bond acceptors (Lipinski definition) is 3. The minimum atomic E-state index is 0.210. The standard InChI is InChI=1S/C12H19NO2/c1-4-10(9-13-2)15-12-7-5-6-11(8-12)14-3/h5-8,10,13H,4,9H2,1-3H3. The number of benzene rings is 1. The molecular weight excluding hydrogens is 190 g/mol. The van der Waals surface area contributed by atoms with Crippen LogP contribution < -0.4 is 14.8 Å². The van der Waals surface area contributed by atoms with Crippen LogP contribution in [0, 0.1) is 0 Å². The average molecular weight is 209 g/mol. The highest BCUT2D eigenvalue weighted by Crippen LogP contribution is 2.20. The van der Waals surface area contributed by atoms with Gasteiger partial charge in [-0.25, -0.2) is 0 Å². The Bertz CT molecular complexity index is 289. The highest BCUT2D eigenvalue weighted by Gasteiger charge is 2.06. The van der Waals surface area contributed by atoms with Gasteiger partial charge in [0.15, 0.2) is 0 Å². The molecule has 0 radical (unpaired) electrons. The van der Waals surface area contributed by atoms with Crippen LogP contribution in [-0.2, 0) is 0 Å². The number of nitrogens with one attached hydrogen (secondary N) is 1. The van der Waals surface area contributed by atoms with E-state index in [1.54, 1.807) is 7.11 Å². The zero-order chi connectivity index (χ0) is 11.1. The molecule has 3 heteroatoms. The molecule has 0 saturated heterocycles. The van der Waals surface area contributed by atoms with E-state index in [-0.39, 0.29) is 6.10 Å². The van der Waals surface area contributed by atoms with Crippen LogP contribution in [0.3, 0.4) is 0 Å². The van der Waals surface area contributed by atoms with Crippen LogP contribution in [0.15, 0.2) is 24.3 Å². The molecule has 3 nitrogen and oxygen atoms in total. The lowest BCUT2D eigenvalue weighted by Gasteiger charge is -2.17. The lowest BCUT2D eigenvalue weighted by molar-refractivity contribution is 0.196. The van der Waals surface area contributed by atoms with E-state index in [9.17, 15) is 0 Å². The van der Waals surface area contributed by atoms with E-state index in [2.05, 4.69) is 12.2 Å². The van der Waals surface area contributed by atoms with Crippen molar-refractivity contribution in [3.63, 3.8) is 0 Å². The summed E-state index contributed by atoms with van der Waals surface area (Å²) in [5.41, 5.74) is 0. The Balaban J connectivity index is 2.61. The average Bonchev–Trinajstić information content (AvgIpc) is 2.29. The van der Waals surface area contributed by atoms with Crippen molar-refractivity contribution < 1.29 is 9.47 Å². The van der Waals surface area contributed by atoms with E-state index in [0.29, 0.717) is 0 Å². The van der Waals surface area contributed by atoms with Gasteiger partial charge in [0.2, 0.25) is 0 Å². The molecule has 0 aliphatic rings. The second-order valence-corrected chi connectivity index (χ2v) is 3.38. The van der Waals surface area contributed by atoms with Crippen LogP contribution in [0.4, 0.5) is 0 Å². The maximum atomic E-state index is 5.80. The summed E-state index contributed by atoms with van der Waals surface area (Å²) in [6.45, 7) is 2.97. The summed E-state index contributed by atoms with van der Waals surface area (Å²) in [6.07, 6.45) is 1.19. The largest absolute Gasteiger partial charge is 0.497 e. The van der Waals surface area contributed by atoms with Gasteiger partial charge in [0.25, 0.3) is 0 Å². The molecule has 1 N–H and O–H groups in total. The fraction of sp³-hybridized carbons (Fsp3) is 0.500. The highest BCUT2D eigenvalue weighted by molar-refractivity contribution is 5.32. The monoisotopic (exact) mass is 209 g/mol. The van der Waals surface area contributed by atoms with Crippen molar-refractivity contribution in [2.45, 2.75) is 19.4 Å². The third-order valence-corrected chi connectivity index (χ3v) is 2.23. The van der Waals surface area contributed by atoms with Crippen LogP contribution in [0.2, 0.25) is 0 Å². The van der Waals surface area contributed by atoms with E-state index in [0.717, 1.165) is 24.5 Å². The summed E-state index contributed by atoms with van der Waals surface area (Å²) >= 11 is 0. The first-order chi connectivity index (χ1) is 7.30. The molecule has 0 bridgehead atoms. The van der Waals surface area contributed by atoms with Crippen LogP contribution in [-0.4, -0.2) is 26.8 Å². The molecule has 0 spiro atoms. The van der Waals surface area contributed by atoms with Gasteiger partial charge in [0, 0.05) is 12.6 Å². The molecule has 0 aromatic heterocycles. The number of methoxy groups -OCH3 is 1. The van der Waals surface area contributed by atoms with E-state index < -0.39 is 0 Å². The lowest BCUT2D eigenvalue weighted by atomic mass is 10.2. The maximum Gasteiger partial charge on any atom is 0.123 e. The first-order valence-corrected chi connectivity index (χ1v) is 5.25. The van der Waals surface area contributed by atoms with Crippen LogP contribution in [0.5, 0.6) is 11.5 Å². The summed E-state index contributed by atoms with van der Waals surface area (Å²) in [5.74, 6) is 1.68. The molecule has 0 aliphatic heterocycles. The Labute approximate surface area is 91.4 Å². The van der Waals surface area contributed by atoms with Crippen molar-refractivity contribution in [1.82, 2.24) is 5.32 Å². The van der Waals surface area contributed by atoms with Gasteiger partial charge < -0.3 is 14.8 Å². The molecule has 1 rings (SSSR count). The van der Waals surface area contributed by atoms with Gasteiger partial charge in [-0.05, 0) is 25.6 Å². The Morgan fingerprint density at radius 1 is 1.33 bits per heavy atom. The first kappa shape index (κ1) is 11.9. The van der Waals surface area contributed by atoms with Gasteiger partial charge >= 0.3 is 0 Å². The molecule has 0 fully saturated rings. The fourth-order valence-corrected chi connectivity index (χ4v) is 1.36. The summed E-state index contributed by atoms with van der Waals surface area (Å²) in [6, 6.07) is 7.69. The van der Waals surface area contributed by atoms with E-state index in [1.165, 1.54) is 0 Å². The molecular formula is C12H19NO2. The van der Waals surface area contributed by atoms with Gasteiger partial charge in [0.05, 0.1) is 7.11 Å². The highest BCUT2D eigenvalue weighted by atomic mass is 16.5. The molecule has 1 aromatic carbocycles. The molecule has 0 heterocycles. The Morgan fingerprint density at radius 3 is 2.67 bits per heavy atom. The van der Waals surface area contributed by atoms with Gasteiger partial charge in [-0.15, -0.1) is 0 Å². The molecule has 0 saturated carbocycles. The smallest absolute Gasteiger partial charge is 0.123 e. The molecule has 1 aromatic rings. The van der Waals surface area contributed by atoms with Crippen LogP contribution >= 0.6 is 0 Å². The second kappa shape index (κ2) is 6.30. The molecule has 84 valence electrons. The molecule has 0 amide bonds. The minimum absolute atomic E-state index is 0.210. The Hall–Kier alpha value is -1.22. The second-order valence-electron chi connectivity index (χ2n) is 3.38. The number of likely N-dealkylation sites (N-methyl/N-ethyl adjacent to an activating group) is 1. The predicted molar refractivity (Wildman–Crippen MR) is 61.6 cm³/mol. The Kier molecular flexibility index (Phi) is 4.98. The molecule has 0 aliphatic carbocycles. The van der Waals surface area contributed by atoms with Gasteiger partial charge in [-0.2, -0.15) is 0 Å². The summed E-state index contributed by atoms with van der Waals surface area (Å²) in [7, 11) is 3.58. The zero-order valence-electron chi connectivity index (χ0n) is 9.62. The van der Waals surface area contributed by atoms with Crippen molar-refractivity contribution in [3.8, 4) is 11.5 Å². The number of hydrogen-bond donors (Lipinski definition) is 1. The summed E-state index contributed by atoms with van der Waals surface area (Å²) in [5, 5.41) is 3.11. The summed E-state index contributed by atoms with van der Waals surface area (Å²) in [4.78, 5) is 0. The van der Waals surface area contributed by atoms with Crippen molar-refractivity contribution in [2.75, 3.05) is 20.7 Å². The van der Waals surface area contributed by atoms with Crippen LogP contribution in [0.1, 0.15) is 13.3 Å². The third kappa shape index (κ3) is 3.80. The lowest BCUT2D eigenvalue weighted by Crippen LogP contribution is -2.28. The van der Waals surface area contributed by atoms with E-state index >= 15 is 0 Å². The Morgan fingerprint density at radius 2 is 2.07 bits per heavy atom. The van der Waals surface area contributed by atoms with Crippen molar-refractivity contribution in [1.29, 1.82) is 0 Å². The van der Waals surface area contributed by atoms with Crippen molar-refractivity contribution in [3.05, 3.63) is 24.3 Å². The SMILES string of the molecule is CCC(CNC)Oc1cccc(OC)c1. The first-order valence-electron chi connectivity index (χ1n) is 5.25. The van der Waals surface area contributed by atoms with Crippen LogP contribution in [0.25, 0.3) is 0 Å². The predicted octanol–water partition coefficient (Wildman–Crippen LogP) is 2.07. The summed E-state index contributed by atoms with van der Waals surface area (Å²) < 4.78 is 10.9. The topological polar surface area (TPSA) is 30.5 Å². The van der Waals surface area contributed by atoms with Gasteiger partial charge in [-0.3, -0.25) is 0 Å². The van der Waals surface area contributed by atoms with E-state index in [1.807, 2.05) is 31.3 Å². The normalized spacial score (nSPS) is 12.2. The fourth-order valence-electron chi connectivity index (χ4n) is 1.36. The van der Waals surface area contributed by atoms with Crippen molar-refractivity contribution >= 4 is 0 Å². The van der Waals surface area contributed by atoms with E-state index in [4.69, 9.17) is 9.47 Å². The number of ether oxygens (including phenoxy) is 2. The molecule has 1 atom stereocenters. The number of rotatable bonds is 6. The quantitative estimate of drug-likeness (QED) is 0.778. The molecule has 1 unspecified atom stereocenters. The zero-order valence-corrected chi connectivity index (χ0v) is 9.62. The minimum Gasteiger partial charge on any atom is -0.497 e. The maximum absolute atomic E-state index is 5.80. The van der Waals surface area contributed by atoms with Crippen molar-refractivity contribution in [2.24, 2.45) is 0 Å².